The van der Waals surface area contributed by atoms with Gasteiger partial charge in [0.2, 0.25) is 5.91 Å². The van der Waals surface area contributed by atoms with Gasteiger partial charge < -0.3 is 19.9 Å². The van der Waals surface area contributed by atoms with E-state index < -0.39 is 11.9 Å². The van der Waals surface area contributed by atoms with Crippen molar-refractivity contribution >= 4 is 29.5 Å². The topological polar surface area (TPSA) is 130 Å². The molecule has 1 unspecified atom stereocenters. The fraction of sp³-hybridized carbons (Fsp3) is 0.286. The summed E-state index contributed by atoms with van der Waals surface area (Å²) in [6, 6.07) is 7.32. The maximum atomic E-state index is 12.7. The van der Waals surface area contributed by atoms with Crippen LogP contribution in [-0.2, 0) is 14.3 Å². The number of esters is 1. The first kappa shape index (κ1) is 22.1. The summed E-state index contributed by atoms with van der Waals surface area (Å²) >= 11 is 1.17. The van der Waals surface area contributed by atoms with Gasteiger partial charge in [-0.1, -0.05) is 16.9 Å². The van der Waals surface area contributed by atoms with Crippen molar-refractivity contribution in [2.24, 2.45) is 0 Å². The third kappa shape index (κ3) is 5.13. The van der Waals surface area contributed by atoms with Crippen LogP contribution in [0.25, 0.3) is 0 Å². The van der Waals surface area contributed by atoms with Gasteiger partial charge in [0, 0.05) is 24.2 Å². The maximum absolute atomic E-state index is 12.7. The fourth-order valence-electron chi connectivity index (χ4n) is 3.14. The molecule has 1 atom stereocenters. The third-order valence-electron chi connectivity index (χ3n) is 4.43. The quantitative estimate of drug-likeness (QED) is 0.625. The molecule has 0 aliphatic carbocycles. The standard InChI is InChI=1S/C21H21N5O4S/c1-4-29-21(28)18-13(3)24-20(15(10-22)19(18)14-5-7-23-8-6-14)31-11-17(27)25-16-9-12(2)30-26-16/h5-9,19,24H,4,11H2,1-3H3,(H,25,26,27). The molecule has 0 fully saturated rings. The monoisotopic (exact) mass is 439 g/mol. The van der Waals surface area contributed by atoms with Crippen molar-refractivity contribution in [3.63, 3.8) is 0 Å². The summed E-state index contributed by atoms with van der Waals surface area (Å²) in [4.78, 5) is 29.0. The SMILES string of the molecule is CCOC(=O)C1=C(C)NC(SCC(=O)Nc2cc(C)on2)=C(C#N)C1c1ccncc1. The number of aromatic nitrogens is 2. The predicted octanol–water partition coefficient (Wildman–Crippen LogP) is 3.01. The zero-order valence-electron chi connectivity index (χ0n) is 17.3. The van der Waals surface area contributed by atoms with Crippen molar-refractivity contribution in [1.82, 2.24) is 15.5 Å². The number of thioether (sulfide) groups is 1. The molecule has 0 radical (unpaired) electrons. The van der Waals surface area contributed by atoms with Gasteiger partial charge >= 0.3 is 5.97 Å². The summed E-state index contributed by atoms with van der Waals surface area (Å²) in [5.74, 6) is -0.487. The van der Waals surface area contributed by atoms with Crippen LogP contribution >= 0.6 is 11.8 Å². The number of pyridine rings is 1. The molecule has 2 aromatic rings. The third-order valence-corrected chi connectivity index (χ3v) is 5.44. The predicted molar refractivity (Wildman–Crippen MR) is 114 cm³/mol. The van der Waals surface area contributed by atoms with E-state index in [1.165, 1.54) is 11.8 Å². The van der Waals surface area contributed by atoms with E-state index in [9.17, 15) is 14.9 Å². The van der Waals surface area contributed by atoms with Crippen molar-refractivity contribution in [3.8, 4) is 6.07 Å². The van der Waals surface area contributed by atoms with Crippen LogP contribution in [0.4, 0.5) is 5.82 Å². The molecule has 0 aromatic carbocycles. The van der Waals surface area contributed by atoms with Crippen LogP contribution in [0.1, 0.15) is 31.1 Å². The van der Waals surface area contributed by atoms with Crippen LogP contribution in [0.2, 0.25) is 0 Å². The molecular formula is C21H21N5O4S. The van der Waals surface area contributed by atoms with Crippen LogP contribution in [0, 0.1) is 18.3 Å². The van der Waals surface area contributed by atoms with E-state index in [4.69, 9.17) is 9.26 Å². The molecule has 3 rings (SSSR count). The highest BCUT2D eigenvalue weighted by molar-refractivity contribution is 8.03. The van der Waals surface area contributed by atoms with Gasteiger partial charge in [-0.05, 0) is 38.5 Å². The fourth-order valence-corrected chi connectivity index (χ4v) is 4.03. The van der Waals surface area contributed by atoms with Crippen molar-refractivity contribution in [3.05, 3.63) is 63.8 Å². The van der Waals surface area contributed by atoms with Gasteiger partial charge in [0.1, 0.15) is 5.76 Å². The number of amides is 1. The first-order chi connectivity index (χ1) is 14.9. The van der Waals surface area contributed by atoms with Crippen molar-refractivity contribution in [2.45, 2.75) is 26.7 Å². The second-order valence-corrected chi connectivity index (χ2v) is 7.60. The normalized spacial score (nSPS) is 15.9. The molecular weight excluding hydrogens is 418 g/mol. The molecule has 2 N–H and O–H groups in total. The molecule has 0 saturated carbocycles. The largest absolute Gasteiger partial charge is 0.463 e. The Morgan fingerprint density at radius 3 is 2.71 bits per heavy atom. The molecule has 10 heteroatoms. The number of nitriles is 1. The Labute approximate surface area is 183 Å². The highest BCUT2D eigenvalue weighted by Crippen LogP contribution is 2.40. The number of allylic oxidation sites excluding steroid dienone is 2. The molecule has 0 saturated heterocycles. The van der Waals surface area contributed by atoms with E-state index >= 15 is 0 Å². The Morgan fingerprint density at radius 1 is 1.35 bits per heavy atom. The van der Waals surface area contributed by atoms with Crippen LogP contribution in [0.5, 0.6) is 0 Å². The summed E-state index contributed by atoms with van der Waals surface area (Å²) < 4.78 is 10.2. The van der Waals surface area contributed by atoms with Crippen molar-refractivity contribution in [1.29, 1.82) is 5.26 Å². The smallest absolute Gasteiger partial charge is 0.336 e. The second kappa shape index (κ2) is 9.95. The lowest BCUT2D eigenvalue weighted by Gasteiger charge is -2.29. The van der Waals surface area contributed by atoms with Gasteiger partial charge in [-0.15, -0.1) is 0 Å². The number of aryl methyl sites for hydroxylation is 1. The van der Waals surface area contributed by atoms with Crippen LogP contribution < -0.4 is 10.6 Å². The van der Waals surface area contributed by atoms with Crippen LogP contribution in [0.15, 0.2) is 57.0 Å². The highest BCUT2D eigenvalue weighted by atomic mass is 32.2. The van der Waals surface area contributed by atoms with E-state index in [1.807, 2.05) is 0 Å². The minimum Gasteiger partial charge on any atom is -0.463 e. The average Bonchev–Trinajstić information content (AvgIpc) is 3.16. The van der Waals surface area contributed by atoms with Gasteiger partial charge in [-0.2, -0.15) is 5.26 Å². The molecule has 9 nitrogen and oxygen atoms in total. The number of nitrogens with zero attached hydrogens (tertiary/aromatic N) is 3. The lowest BCUT2D eigenvalue weighted by Crippen LogP contribution is -2.29. The zero-order valence-corrected chi connectivity index (χ0v) is 18.1. The summed E-state index contributed by atoms with van der Waals surface area (Å²) in [7, 11) is 0. The average molecular weight is 439 g/mol. The number of anilines is 1. The highest BCUT2D eigenvalue weighted by Gasteiger charge is 2.35. The molecule has 3 heterocycles. The number of carbonyl (C=O) groups excluding carboxylic acids is 2. The summed E-state index contributed by atoms with van der Waals surface area (Å²) in [5, 5.41) is 19.9. The van der Waals surface area contributed by atoms with E-state index in [2.05, 4.69) is 26.8 Å². The first-order valence-corrected chi connectivity index (χ1v) is 10.5. The Morgan fingerprint density at radius 2 is 2.10 bits per heavy atom. The number of rotatable bonds is 7. The number of nitrogens with one attached hydrogen (secondary N) is 2. The molecule has 1 aliphatic heterocycles. The van der Waals surface area contributed by atoms with Crippen LogP contribution in [-0.4, -0.2) is 34.4 Å². The van der Waals surface area contributed by atoms with E-state index in [0.29, 0.717) is 33.5 Å². The number of ether oxygens (including phenoxy) is 1. The maximum Gasteiger partial charge on any atom is 0.336 e. The summed E-state index contributed by atoms with van der Waals surface area (Å²) in [6.45, 7) is 5.41. The summed E-state index contributed by atoms with van der Waals surface area (Å²) in [5.41, 5.74) is 1.98. The Balaban J connectivity index is 1.88. The number of carbonyl (C=O) groups is 2. The van der Waals surface area contributed by atoms with Gasteiger partial charge in [0.15, 0.2) is 5.82 Å². The van der Waals surface area contributed by atoms with Gasteiger partial charge in [0.25, 0.3) is 0 Å². The Kier molecular flexibility index (Phi) is 7.10. The molecule has 2 aromatic heterocycles. The first-order valence-electron chi connectivity index (χ1n) is 9.49. The van der Waals surface area contributed by atoms with Gasteiger partial charge in [0.05, 0.1) is 40.5 Å². The van der Waals surface area contributed by atoms with Crippen molar-refractivity contribution in [2.75, 3.05) is 17.7 Å². The second-order valence-electron chi connectivity index (χ2n) is 6.61. The van der Waals surface area contributed by atoms with Crippen molar-refractivity contribution < 1.29 is 18.8 Å². The molecule has 1 aliphatic rings. The van der Waals surface area contributed by atoms with Gasteiger partial charge in [-0.3, -0.25) is 9.78 Å². The number of hydrogen-bond acceptors (Lipinski definition) is 9. The number of dihydropyridines is 1. The number of hydrogen-bond donors (Lipinski definition) is 2. The van der Waals surface area contributed by atoms with E-state index in [0.717, 1.165) is 5.56 Å². The minimum atomic E-state index is -0.628. The Bertz CT molecular complexity index is 1080. The molecule has 0 bridgehead atoms. The zero-order chi connectivity index (χ0) is 22.4. The molecule has 0 spiro atoms. The molecule has 160 valence electrons. The Hall–Kier alpha value is -3.58. The van der Waals surface area contributed by atoms with E-state index in [-0.39, 0.29) is 18.3 Å². The lowest BCUT2D eigenvalue weighted by atomic mass is 9.83. The van der Waals surface area contributed by atoms with Crippen LogP contribution in [0.3, 0.4) is 0 Å². The minimum absolute atomic E-state index is 0.0322. The van der Waals surface area contributed by atoms with E-state index in [1.54, 1.807) is 51.4 Å². The molecule has 1 amide bonds. The lowest BCUT2D eigenvalue weighted by molar-refractivity contribution is -0.138. The summed E-state index contributed by atoms with van der Waals surface area (Å²) in [6.07, 6.45) is 3.20. The molecule has 31 heavy (non-hydrogen) atoms. The van der Waals surface area contributed by atoms with Gasteiger partial charge in [-0.25, -0.2) is 4.79 Å².